The predicted molar refractivity (Wildman–Crippen MR) is 152 cm³/mol. The van der Waals surface area contributed by atoms with Crippen molar-refractivity contribution in [3.8, 4) is 22.6 Å². The number of hydrogen-bond acceptors (Lipinski definition) is 9. The Labute approximate surface area is 234 Å². The number of piperazine rings is 1. The molecule has 5 rings (SSSR count). The van der Waals surface area contributed by atoms with Crippen LogP contribution in [0.3, 0.4) is 0 Å². The highest BCUT2D eigenvalue weighted by Crippen LogP contribution is 2.32. The zero-order valence-corrected chi connectivity index (χ0v) is 23.0. The fraction of sp³-hybridized carbons (Fsp3) is 0.400. The van der Waals surface area contributed by atoms with Crippen LogP contribution < -0.4 is 19.3 Å². The number of amides is 1. The van der Waals surface area contributed by atoms with Crippen molar-refractivity contribution in [1.82, 2.24) is 14.9 Å². The van der Waals surface area contributed by atoms with E-state index in [2.05, 4.69) is 31.9 Å². The van der Waals surface area contributed by atoms with Gasteiger partial charge in [-0.15, -0.1) is 0 Å². The summed E-state index contributed by atoms with van der Waals surface area (Å²) >= 11 is 0. The third-order valence-corrected chi connectivity index (χ3v) is 7.39. The topological polar surface area (TPSA) is 97.3 Å². The number of aromatic nitrogens is 2. The van der Waals surface area contributed by atoms with E-state index in [1.165, 1.54) is 7.11 Å². The van der Waals surface area contributed by atoms with Gasteiger partial charge in [-0.3, -0.25) is 9.59 Å². The van der Waals surface area contributed by atoms with E-state index in [1.807, 2.05) is 29.4 Å². The van der Waals surface area contributed by atoms with Crippen molar-refractivity contribution in [2.45, 2.75) is 12.8 Å². The molecular weight excluding hydrogens is 510 g/mol. The fourth-order valence-corrected chi connectivity index (χ4v) is 5.11. The zero-order chi connectivity index (χ0) is 27.9. The van der Waals surface area contributed by atoms with Gasteiger partial charge in [-0.05, 0) is 24.3 Å². The maximum atomic E-state index is 12.9. The van der Waals surface area contributed by atoms with Gasteiger partial charge in [-0.2, -0.15) is 0 Å². The molecule has 0 atom stereocenters. The summed E-state index contributed by atoms with van der Waals surface area (Å²) in [6.07, 6.45) is 4.09. The molecule has 40 heavy (non-hydrogen) atoms. The lowest BCUT2D eigenvalue weighted by Gasteiger charge is -2.37. The van der Waals surface area contributed by atoms with Gasteiger partial charge in [0, 0.05) is 86.9 Å². The Balaban J connectivity index is 1.17. The molecule has 0 unspecified atom stereocenters. The number of nitrogens with zero attached hydrogens (tertiary/aromatic N) is 5. The van der Waals surface area contributed by atoms with Crippen LogP contribution in [0.2, 0.25) is 0 Å². The first kappa shape index (κ1) is 27.4. The van der Waals surface area contributed by atoms with Crippen LogP contribution in [0.25, 0.3) is 11.1 Å². The molecule has 3 heterocycles. The molecular formula is C30H35N5O5. The number of rotatable bonds is 9. The smallest absolute Gasteiger partial charge is 0.225 e. The molecule has 0 spiro atoms. The van der Waals surface area contributed by atoms with E-state index < -0.39 is 0 Å². The van der Waals surface area contributed by atoms with Crippen LogP contribution in [0.1, 0.15) is 23.2 Å². The molecule has 10 nitrogen and oxygen atoms in total. The van der Waals surface area contributed by atoms with Crippen molar-refractivity contribution >= 4 is 23.3 Å². The average molecular weight is 546 g/mol. The molecule has 0 radical (unpaired) electrons. The summed E-state index contributed by atoms with van der Waals surface area (Å²) in [5.74, 6) is 1.68. The van der Waals surface area contributed by atoms with Crippen molar-refractivity contribution in [3.05, 3.63) is 60.4 Å². The van der Waals surface area contributed by atoms with Crippen LogP contribution in [-0.2, 0) is 9.53 Å². The van der Waals surface area contributed by atoms with Gasteiger partial charge in [0.05, 0.1) is 27.4 Å². The van der Waals surface area contributed by atoms with E-state index in [1.54, 1.807) is 25.3 Å². The van der Waals surface area contributed by atoms with Gasteiger partial charge in [-0.1, -0.05) is 18.2 Å². The van der Waals surface area contributed by atoms with Crippen LogP contribution in [-0.4, -0.2) is 93.3 Å². The van der Waals surface area contributed by atoms with Gasteiger partial charge in [-0.25, -0.2) is 9.97 Å². The number of carbonyl (C=O) groups is 2. The normalized spacial score (nSPS) is 15.6. The minimum Gasteiger partial charge on any atom is -0.493 e. The minimum atomic E-state index is -0.0938. The van der Waals surface area contributed by atoms with E-state index in [0.717, 1.165) is 35.9 Å². The quantitative estimate of drug-likeness (QED) is 0.375. The summed E-state index contributed by atoms with van der Waals surface area (Å²) in [6.45, 7) is 5.59. The number of ether oxygens (including phenoxy) is 3. The number of benzene rings is 2. The van der Waals surface area contributed by atoms with Crippen LogP contribution in [0.15, 0.2) is 54.9 Å². The van der Waals surface area contributed by atoms with Gasteiger partial charge in [0.15, 0.2) is 17.3 Å². The lowest BCUT2D eigenvalue weighted by molar-refractivity contribution is -0.131. The summed E-state index contributed by atoms with van der Waals surface area (Å²) in [5.41, 5.74) is 3.63. The summed E-state index contributed by atoms with van der Waals surface area (Å²) in [4.78, 5) is 41.2. The lowest BCUT2D eigenvalue weighted by Crippen LogP contribution is -2.49. The van der Waals surface area contributed by atoms with Crippen molar-refractivity contribution < 1.29 is 23.8 Å². The molecule has 0 N–H and O–H groups in total. The number of carbonyl (C=O) groups excluding carboxylic acids is 2. The van der Waals surface area contributed by atoms with Crippen molar-refractivity contribution in [2.24, 2.45) is 0 Å². The van der Waals surface area contributed by atoms with Crippen LogP contribution in [0.5, 0.6) is 11.5 Å². The molecule has 1 aromatic heterocycles. The monoisotopic (exact) mass is 545 g/mol. The summed E-state index contributed by atoms with van der Waals surface area (Å²) in [5, 5.41) is 0. The molecule has 2 aliphatic rings. The van der Waals surface area contributed by atoms with E-state index in [-0.39, 0.29) is 24.5 Å². The van der Waals surface area contributed by atoms with Crippen LogP contribution >= 0.6 is 0 Å². The Morgan fingerprint density at radius 1 is 0.825 bits per heavy atom. The molecule has 0 saturated carbocycles. The number of ketones is 1. The second-order valence-electron chi connectivity index (χ2n) is 9.75. The van der Waals surface area contributed by atoms with Crippen LogP contribution in [0.4, 0.5) is 11.6 Å². The molecule has 3 aromatic rings. The first-order valence-electron chi connectivity index (χ1n) is 13.6. The predicted octanol–water partition coefficient (Wildman–Crippen LogP) is 3.31. The average Bonchev–Trinajstić information content (AvgIpc) is 3.03. The molecule has 1 amide bonds. The number of morpholine rings is 1. The second-order valence-corrected chi connectivity index (χ2v) is 9.75. The lowest BCUT2D eigenvalue weighted by atomic mass is 10.0. The van der Waals surface area contributed by atoms with E-state index >= 15 is 0 Å². The Morgan fingerprint density at radius 2 is 1.52 bits per heavy atom. The number of hydrogen-bond donors (Lipinski definition) is 0. The maximum absolute atomic E-state index is 12.9. The number of anilines is 2. The number of methoxy groups -OCH3 is 2. The molecule has 2 saturated heterocycles. The Kier molecular flexibility index (Phi) is 8.75. The second kappa shape index (κ2) is 12.8. The van der Waals surface area contributed by atoms with Crippen LogP contribution in [0, 0.1) is 0 Å². The minimum absolute atomic E-state index is 0.00568. The van der Waals surface area contributed by atoms with Gasteiger partial charge in [0.2, 0.25) is 11.9 Å². The Hall–Kier alpha value is -4.18. The number of Topliss-reactive ketones (excluding diaryl/α,β-unsaturated/α-hetero) is 1. The fourth-order valence-electron chi connectivity index (χ4n) is 5.11. The molecule has 0 bridgehead atoms. The standard InChI is InChI=1S/C30H35N5O5/c1-38-27-9-7-22(19-28(27)39-2)26(36)8-10-29(37)34-13-11-33(12-14-34)25-6-4-3-5-24(25)23-20-31-30(32-21-23)35-15-17-40-18-16-35/h3-7,9,19-21H,8,10-18H2,1-2H3. The van der Waals surface area contributed by atoms with E-state index in [4.69, 9.17) is 14.2 Å². The molecule has 2 aromatic carbocycles. The van der Waals surface area contributed by atoms with Crippen molar-refractivity contribution in [1.29, 1.82) is 0 Å². The molecule has 210 valence electrons. The highest BCUT2D eigenvalue weighted by atomic mass is 16.5. The third-order valence-electron chi connectivity index (χ3n) is 7.39. The first-order chi connectivity index (χ1) is 19.6. The molecule has 0 aliphatic carbocycles. The van der Waals surface area contributed by atoms with Crippen molar-refractivity contribution in [3.63, 3.8) is 0 Å². The maximum Gasteiger partial charge on any atom is 0.225 e. The van der Waals surface area contributed by atoms with E-state index in [9.17, 15) is 9.59 Å². The number of para-hydroxylation sites is 1. The summed E-state index contributed by atoms with van der Waals surface area (Å²) in [7, 11) is 3.08. The Bertz CT molecular complexity index is 1320. The Morgan fingerprint density at radius 3 is 2.23 bits per heavy atom. The van der Waals surface area contributed by atoms with Gasteiger partial charge in [0.25, 0.3) is 0 Å². The molecule has 10 heteroatoms. The van der Waals surface area contributed by atoms with Gasteiger partial charge in [0.1, 0.15) is 0 Å². The summed E-state index contributed by atoms with van der Waals surface area (Å²) < 4.78 is 16.0. The highest BCUT2D eigenvalue weighted by Gasteiger charge is 2.24. The van der Waals surface area contributed by atoms with Gasteiger partial charge < -0.3 is 28.9 Å². The SMILES string of the molecule is COc1ccc(C(=O)CCC(=O)N2CCN(c3ccccc3-c3cnc(N4CCOCC4)nc3)CC2)cc1OC. The van der Waals surface area contributed by atoms with Crippen molar-refractivity contribution in [2.75, 3.05) is 76.5 Å². The largest absolute Gasteiger partial charge is 0.493 e. The van der Waals surface area contributed by atoms with Gasteiger partial charge >= 0.3 is 0 Å². The zero-order valence-electron chi connectivity index (χ0n) is 23.0. The first-order valence-corrected chi connectivity index (χ1v) is 13.6. The highest BCUT2D eigenvalue weighted by molar-refractivity contribution is 5.98. The third kappa shape index (κ3) is 6.17. The molecule has 2 fully saturated rings. The summed E-state index contributed by atoms with van der Waals surface area (Å²) in [6, 6.07) is 13.3. The molecule has 2 aliphatic heterocycles. The van der Waals surface area contributed by atoms with E-state index in [0.29, 0.717) is 56.5 Å².